The van der Waals surface area contributed by atoms with Gasteiger partial charge in [0.05, 0.1) is 12.6 Å². The molecule has 2 aliphatic rings. The molecule has 0 spiro atoms. The van der Waals surface area contributed by atoms with E-state index in [1.54, 1.807) is 23.5 Å². The summed E-state index contributed by atoms with van der Waals surface area (Å²) >= 11 is 1.20. The maximum atomic E-state index is 13.5. The topological polar surface area (TPSA) is 153 Å². The fourth-order valence-electron chi connectivity index (χ4n) is 5.64. The molecule has 2 aliphatic heterocycles. The molecular formula is C29H33N7O4S. The highest BCUT2D eigenvalue weighted by Gasteiger charge is 2.40. The smallest absolute Gasteiger partial charge is 0.245 e. The number of carbonyl (C=O) groups excluding carboxylic acids is 4. The van der Waals surface area contributed by atoms with Crippen LogP contribution in [0.3, 0.4) is 0 Å². The number of nitrogens with two attached hydrogens (primary N) is 1. The Balaban J connectivity index is 1.34. The molecule has 1 aromatic heterocycles. The van der Waals surface area contributed by atoms with E-state index in [1.165, 1.54) is 21.1 Å². The maximum Gasteiger partial charge on any atom is 0.245 e. The van der Waals surface area contributed by atoms with Gasteiger partial charge in [0.15, 0.2) is 11.0 Å². The lowest BCUT2D eigenvalue weighted by molar-refractivity contribution is -0.156. The number of piperazine rings is 1. The molecule has 41 heavy (non-hydrogen) atoms. The van der Waals surface area contributed by atoms with Crippen molar-refractivity contribution in [2.75, 3.05) is 33.2 Å². The van der Waals surface area contributed by atoms with Gasteiger partial charge in [-0.3, -0.25) is 24.6 Å². The molecule has 11 nitrogen and oxygen atoms in total. The molecule has 0 saturated carbocycles. The first kappa shape index (κ1) is 28.2. The molecule has 0 bridgehead atoms. The molecular weight excluding hydrogens is 542 g/mol. The van der Waals surface area contributed by atoms with Gasteiger partial charge in [0.25, 0.3) is 0 Å². The Morgan fingerprint density at radius 3 is 2.56 bits per heavy atom. The number of nitrogens with zero attached hydrogens (tertiary/aromatic N) is 4. The Morgan fingerprint density at radius 2 is 1.88 bits per heavy atom. The fraction of sp³-hybridized carbons (Fsp3) is 0.379. The first-order valence-corrected chi connectivity index (χ1v) is 14.4. The number of fused-ring (bicyclic) bond motifs is 1. The SMILES string of the molecule is CN1CC(=O)N(CC(=O)NC(C(=O)c2nccs2)C2CCN(C(=N)N)CC2)C(Cc2ccc3ccccc3c2)C1=O. The predicted octanol–water partition coefficient (Wildman–Crippen LogP) is 1.48. The Morgan fingerprint density at radius 1 is 1.15 bits per heavy atom. The number of hydrogen-bond donors (Lipinski definition) is 3. The number of ketones is 1. The quantitative estimate of drug-likeness (QED) is 0.209. The minimum absolute atomic E-state index is 0.0222. The third kappa shape index (κ3) is 6.22. The number of Topliss-reactive ketones (excluding diaryl/α,β-unsaturated/α-hetero) is 1. The number of likely N-dealkylation sites (tertiary alicyclic amines) is 1. The highest BCUT2D eigenvalue weighted by molar-refractivity contribution is 7.11. The summed E-state index contributed by atoms with van der Waals surface area (Å²) in [5, 5.41) is 14.7. The van der Waals surface area contributed by atoms with Crippen molar-refractivity contribution in [3.05, 3.63) is 64.6 Å². The monoisotopic (exact) mass is 575 g/mol. The number of aromatic nitrogens is 1. The van der Waals surface area contributed by atoms with Gasteiger partial charge in [0.2, 0.25) is 23.5 Å². The van der Waals surface area contributed by atoms with E-state index >= 15 is 0 Å². The van der Waals surface area contributed by atoms with Crippen LogP contribution in [-0.4, -0.2) is 94.5 Å². The Kier molecular flexibility index (Phi) is 8.29. The first-order chi connectivity index (χ1) is 19.7. The standard InChI is InChI=1S/C29H33N7O4S/c1-34-17-24(38)36(22(28(34)40)15-18-6-7-19-4-2-3-5-21(19)14-18)16-23(37)33-25(26(39)27-32-10-13-41-27)20-8-11-35(12-9-20)29(30)31/h2-7,10,13-14,20,22,25H,8-9,11-12,15-17H2,1H3,(H3,30,31)(H,33,37). The molecule has 3 aromatic rings. The van der Waals surface area contributed by atoms with Crippen molar-refractivity contribution in [3.8, 4) is 0 Å². The van der Waals surface area contributed by atoms with E-state index in [9.17, 15) is 19.2 Å². The highest BCUT2D eigenvalue weighted by Crippen LogP contribution is 2.25. The predicted molar refractivity (Wildman–Crippen MR) is 155 cm³/mol. The minimum atomic E-state index is -0.847. The molecule has 214 valence electrons. The van der Waals surface area contributed by atoms with Crippen LogP contribution in [0.15, 0.2) is 54.0 Å². The largest absolute Gasteiger partial charge is 0.370 e. The summed E-state index contributed by atoms with van der Waals surface area (Å²) in [6.07, 6.45) is 2.91. The lowest BCUT2D eigenvalue weighted by Gasteiger charge is -2.39. The van der Waals surface area contributed by atoms with Gasteiger partial charge in [-0.25, -0.2) is 4.98 Å². The molecule has 2 unspecified atom stereocenters. The van der Waals surface area contributed by atoms with E-state index < -0.39 is 18.0 Å². The van der Waals surface area contributed by atoms with Gasteiger partial charge in [-0.2, -0.15) is 0 Å². The molecule has 12 heteroatoms. The Labute approximate surface area is 241 Å². The number of carbonyl (C=O) groups is 4. The van der Waals surface area contributed by atoms with Crippen LogP contribution < -0.4 is 11.1 Å². The average Bonchev–Trinajstić information content (AvgIpc) is 3.51. The zero-order chi connectivity index (χ0) is 29.1. The maximum absolute atomic E-state index is 13.5. The van der Waals surface area contributed by atoms with Gasteiger partial charge in [-0.05, 0) is 35.1 Å². The zero-order valence-corrected chi connectivity index (χ0v) is 23.6. The number of piperidine rings is 1. The normalized spacial score (nSPS) is 19.0. The van der Waals surface area contributed by atoms with Crippen LogP contribution in [0, 0.1) is 11.3 Å². The lowest BCUT2D eigenvalue weighted by atomic mass is 9.87. The van der Waals surface area contributed by atoms with Crippen molar-refractivity contribution in [2.45, 2.75) is 31.3 Å². The molecule has 3 heterocycles. The van der Waals surface area contributed by atoms with E-state index in [2.05, 4.69) is 10.3 Å². The number of guanidine groups is 1. The molecule has 2 aromatic carbocycles. The molecule has 5 rings (SSSR count). The second kappa shape index (κ2) is 12.0. The zero-order valence-electron chi connectivity index (χ0n) is 22.8. The highest BCUT2D eigenvalue weighted by atomic mass is 32.1. The summed E-state index contributed by atoms with van der Waals surface area (Å²) in [4.78, 5) is 61.9. The summed E-state index contributed by atoms with van der Waals surface area (Å²) in [5.41, 5.74) is 6.52. The fourth-order valence-corrected chi connectivity index (χ4v) is 6.26. The second-order valence-electron chi connectivity index (χ2n) is 10.6. The van der Waals surface area contributed by atoms with Crippen molar-refractivity contribution in [1.82, 2.24) is 25.0 Å². The van der Waals surface area contributed by atoms with Gasteiger partial charge in [0, 0.05) is 38.1 Å². The van der Waals surface area contributed by atoms with Crippen molar-refractivity contribution >= 4 is 51.6 Å². The second-order valence-corrected chi connectivity index (χ2v) is 11.5. The number of amides is 3. The molecule has 2 fully saturated rings. The van der Waals surface area contributed by atoms with Gasteiger partial charge < -0.3 is 25.8 Å². The van der Waals surface area contributed by atoms with Crippen LogP contribution >= 0.6 is 11.3 Å². The van der Waals surface area contributed by atoms with Crippen molar-refractivity contribution in [3.63, 3.8) is 0 Å². The number of benzene rings is 2. The Bertz CT molecular complexity index is 1470. The van der Waals surface area contributed by atoms with Crippen molar-refractivity contribution in [2.24, 2.45) is 11.7 Å². The van der Waals surface area contributed by atoms with E-state index in [4.69, 9.17) is 11.1 Å². The van der Waals surface area contributed by atoms with E-state index in [0.717, 1.165) is 16.3 Å². The van der Waals surface area contributed by atoms with Crippen LogP contribution in [0.1, 0.15) is 28.2 Å². The molecule has 0 aliphatic carbocycles. The summed E-state index contributed by atoms with van der Waals surface area (Å²) in [5.74, 6) is -1.58. The number of nitrogens with one attached hydrogen (secondary N) is 2. The average molecular weight is 576 g/mol. The molecule has 3 amide bonds. The first-order valence-electron chi connectivity index (χ1n) is 13.6. The summed E-state index contributed by atoms with van der Waals surface area (Å²) in [6.45, 7) is 0.531. The van der Waals surface area contributed by atoms with Gasteiger partial charge >= 0.3 is 0 Å². The van der Waals surface area contributed by atoms with Crippen LogP contribution in [0.4, 0.5) is 0 Å². The van der Waals surface area contributed by atoms with E-state index in [-0.39, 0.29) is 49.0 Å². The Hall–Kier alpha value is -4.32. The van der Waals surface area contributed by atoms with Gasteiger partial charge in [0.1, 0.15) is 12.6 Å². The van der Waals surface area contributed by atoms with Crippen molar-refractivity contribution in [1.29, 1.82) is 5.41 Å². The number of hydrogen-bond acceptors (Lipinski definition) is 7. The molecule has 2 saturated heterocycles. The van der Waals surface area contributed by atoms with Gasteiger partial charge in [-0.1, -0.05) is 42.5 Å². The van der Waals surface area contributed by atoms with Crippen LogP contribution in [0.2, 0.25) is 0 Å². The number of thiazole rings is 1. The summed E-state index contributed by atoms with van der Waals surface area (Å²) in [6, 6.07) is 12.1. The minimum Gasteiger partial charge on any atom is -0.370 e. The van der Waals surface area contributed by atoms with Crippen LogP contribution in [0.5, 0.6) is 0 Å². The van der Waals surface area contributed by atoms with Crippen molar-refractivity contribution < 1.29 is 19.2 Å². The third-order valence-corrected chi connectivity index (χ3v) is 8.67. The number of likely N-dealkylation sites (N-methyl/N-ethyl adjacent to an activating group) is 1. The van der Waals surface area contributed by atoms with Crippen LogP contribution in [-0.2, 0) is 20.8 Å². The van der Waals surface area contributed by atoms with Crippen LogP contribution in [0.25, 0.3) is 10.8 Å². The molecule has 2 atom stereocenters. The lowest BCUT2D eigenvalue weighted by Crippen LogP contribution is -2.62. The van der Waals surface area contributed by atoms with Gasteiger partial charge in [-0.15, -0.1) is 11.3 Å². The summed E-state index contributed by atoms with van der Waals surface area (Å²) < 4.78 is 0. The van der Waals surface area contributed by atoms with E-state index in [1.807, 2.05) is 42.5 Å². The molecule has 0 radical (unpaired) electrons. The van der Waals surface area contributed by atoms with E-state index in [0.29, 0.717) is 30.9 Å². The molecule has 4 N–H and O–H groups in total. The summed E-state index contributed by atoms with van der Waals surface area (Å²) in [7, 11) is 1.58. The third-order valence-electron chi connectivity index (χ3n) is 7.88. The number of rotatable bonds is 8.